The number of hydrogen-bond donors (Lipinski definition) is 1. The molecule has 0 radical (unpaired) electrons. The molecule has 2 rings (SSSR count). The second kappa shape index (κ2) is 7.55. The number of carbonyl (C=O) groups excluding carboxylic acids is 1. The molecule has 5 nitrogen and oxygen atoms in total. The molecule has 7 heteroatoms. The van der Waals surface area contributed by atoms with Gasteiger partial charge < -0.3 is 14.7 Å². The van der Waals surface area contributed by atoms with Crippen LogP contribution in [-0.2, 0) is 9.53 Å². The van der Waals surface area contributed by atoms with Gasteiger partial charge in [0.05, 0.1) is 12.2 Å². The maximum Gasteiger partial charge on any atom is 0.313 e. The highest BCUT2D eigenvalue weighted by Crippen LogP contribution is 2.34. The zero-order valence-corrected chi connectivity index (χ0v) is 14.7. The lowest BCUT2D eigenvalue weighted by molar-refractivity contribution is -0.151. The van der Waals surface area contributed by atoms with Crippen LogP contribution in [0.5, 0.6) is 0 Å². The summed E-state index contributed by atoms with van der Waals surface area (Å²) in [4.78, 5) is 26.9. The van der Waals surface area contributed by atoms with Crippen molar-refractivity contribution in [2.45, 2.75) is 18.2 Å². The van der Waals surface area contributed by atoms with Crippen LogP contribution in [0.3, 0.4) is 0 Å². The highest BCUT2D eigenvalue weighted by atomic mass is 35.5. The third-order valence-corrected chi connectivity index (χ3v) is 5.18. The van der Waals surface area contributed by atoms with Crippen molar-refractivity contribution in [3.8, 4) is 0 Å². The van der Waals surface area contributed by atoms with Crippen LogP contribution in [0.4, 0.5) is 0 Å². The summed E-state index contributed by atoms with van der Waals surface area (Å²) in [6, 6.07) is 5.24. The van der Waals surface area contributed by atoms with Crippen LogP contribution >= 0.6 is 23.4 Å². The molecule has 1 fully saturated rings. The molecule has 1 saturated heterocycles. The molecule has 0 aliphatic carbocycles. The Bertz CT molecular complexity index is 610. The van der Waals surface area contributed by atoms with E-state index in [-0.39, 0.29) is 19.1 Å². The first-order chi connectivity index (χ1) is 10.9. The predicted molar refractivity (Wildman–Crippen MR) is 90.3 cm³/mol. The lowest BCUT2D eigenvalue weighted by atomic mass is 9.88. The number of thioether (sulfide) groups is 1. The number of ether oxygens (including phenoxy) is 1. The van der Waals surface area contributed by atoms with Gasteiger partial charge in [-0.15, -0.1) is 11.8 Å². The van der Waals surface area contributed by atoms with Gasteiger partial charge in [-0.05, 0) is 30.4 Å². The van der Waals surface area contributed by atoms with Crippen molar-refractivity contribution in [1.29, 1.82) is 0 Å². The fraction of sp³-hybridized carbons (Fsp3) is 0.500. The zero-order chi connectivity index (χ0) is 17.0. The minimum Gasteiger partial charge on any atom is -0.481 e. The molecule has 23 heavy (non-hydrogen) atoms. The number of carboxylic acid groups (broad SMARTS) is 1. The monoisotopic (exact) mass is 357 g/mol. The summed E-state index contributed by atoms with van der Waals surface area (Å²) < 4.78 is 5.06. The Morgan fingerprint density at radius 2 is 2.22 bits per heavy atom. The van der Waals surface area contributed by atoms with Gasteiger partial charge in [0, 0.05) is 30.1 Å². The molecular weight excluding hydrogens is 338 g/mol. The largest absolute Gasteiger partial charge is 0.481 e. The van der Waals surface area contributed by atoms with Crippen LogP contribution in [0.25, 0.3) is 0 Å². The molecule has 1 N–H and O–H groups in total. The van der Waals surface area contributed by atoms with Crippen LogP contribution in [0.1, 0.15) is 23.7 Å². The van der Waals surface area contributed by atoms with E-state index >= 15 is 0 Å². The average Bonchev–Trinajstić information content (AvgIpc) is 2.94. The van der Waals surface area contributed by atoms with E-state index in [0.29, 0.717) is 23.6 Å². The fourth-order valence-corrected chi connectivity index (χ4v) is 3.75. The van der Waals surface area contributed by atoms with Crippen LogP contribution in [0.2, 0.25) is 5.02 Å². The minimum atomic E-state index is -1.03. The van der Waals surface area contributed by atoms with Crippen LogP contribution in [-0.4, -0.2) is 54.4 Å². The summed E-state index contributed by atoms with van der Waals surface area (Å²) in [7, 11) is 1.47. The Kier molecular flexibility index (Phi) is 5.95. The summed E-state index contributed by atoms with van der Waals surface area (Å²) in [6.45, 7) is 2.66. The molecule has 1 aliphatic heterocycles. The Balaban J connectivity index is 2.25. The summed E-state index contributed by atoms with van der Waals surface area (Å²) in [5.74, 6) is -0.267. The topological polar surface area (TPSA) is 66.8 Å². The van der Waals surface area contributed by atoms with Gasteiger partial charge in [-0.3, -0.25) is 9.59 Å². The Morgan fingerprint density at radius 3 is 2.83 bits per heavy atom. The van der Waals surface area contributed by atoms with E-state index in [1.807, 2.05) is 13.0 Å². The number of halogens is 1. The van der Waals surface area contributed by atoms with Gasteiger partial charge in [0.1, 0.15) is 5.41 Å². The average molecular weight is 358 g/mol. The van der Waals surface area contributed by atoms with Crippen LogP contribution in [0.15, 0.2) is 23.1 Å². The SMILES string of the molecule is CCSc1ccc(Cl)cc1C(=O)N1CCC(COC)(C(=O)O)C1. The number of aliphatic carboxylic acids is 1. The Morgan fingerprint density at radius 1 is 1.48 bits per heavy atom. The van der Waals surface area contributed by atoms with Crippen molar-refractivity contribution in [3.05, 3.63) is 28.8 Å². The van der Waals surface area contributed by atoms with Crippen molar-refractivity contribution in [3.63, 3.8) is 0 Å². The molecule has 0 spiro atoms. The third kappa shape index (κ3) is 3.82. The van der Waals surface area contributed by atoms with E-state index in [4.69, 9.17) is 16.3 Å². The lowest BCUT2D eigenvalue weighted by Crippen LogP contribution is -2.40. The van der Waals surface area contributed by atoms with Crippen molar-refractivity contribution in [2.75, 3.05) is 32.6 Å². The molecule has 1 aliphatic rings. The molecule has 0 aromatic heterocycles. The molecule has 1 aromatic carbocycles. The summed E-state index contributed by atoms with van der Waals surface area (Å²) in [5.41, 5.74) is -0.496. The van der Waals surface area contributed by atoms with E-state index in [1.54, 1.807) is 28.8 Å². The van der Waals surface area contributed by atoms with Gasteiger partial charge in [0.2, 0.25) is 0 Å². The number of methoxy groups -OCH3 is 1. The first-order valence-electron chi connectivity index (χ1n) is 7.37. The highest BCUT2D eigenvalue weighted by Gasteiger charge is 2.46. The normalized spacial score (nSPS) is 20.7. The second-order valence-electron chi connectivity index (χ2n) is 5.57. The number of nitrogens with zero attached hydrogens (tertiary/aromatic N) is 1. The molecule has 1 amide bonds. The number of likely N-dealkylation sites (tertiary alicyclic amines) is 1. The zero-order valence-electron chi connectivity index (χ0n) is 13.2. The third-order valence-electron chi connectivity index (χ3n) is 3.99. The number of hydrogen-bond acceptors (Lipinski definition) is 4. The van der Waals surface area contributed by atoms with Crippen molar-refractivity contribution in [1.82, 2.24) is 4.90 Å². The molecule has 1 unspecified atom stereocenters. The quantitative estimate of drug-likeness (QED) is 0.793. The maximum absolute atomic E-state index is 12.8. The molecule has 1 heterocycles. The highest BCUT2D eigenvalue weighted by molar-refractivity contribution is 7.99. The van der Waals surface area contributed by atoms with Gasteiger partial charge in [0.25, 0.3) is 5.91 Å². The minimum absolute atomic E-state index is 0.0955. The molecule has 1 atom stereocenters. The summed E-state index contributed by atoms with van der Waals surface area (Å²) >= 11 is 7.60. The van der Waals surface area contributed by atoms with Gasteiger partial charge in [-0.25, -0.2) is 0 Å². The van der Waals surface area contributed by atoms with E-state index < -0.39 is 11.4 Å². The molecular formula is C16H20ClNO4S. The number of carboxylic acids is 1. The van der Waals surface area contributed by atoms with Gasteiger partial charge in [-0.1, -0.05) is 18.5 Å². The smallest absolute Gasteiger partial charge is 0.313 e. The predicted octanol–water partition coefficient (Wildman–Crippen LogP) is 3.02. The van der Waals surface area contributed by atoms with Crippen molar-refractivity contribution < 1.29 is 19.4 Å². The summed E-state index contributed by atoms with van der Waals surface area (Å²) in [5, 5.41) is 10.00. The van der Waals surface area contributed by atoms with Gasteiger partial charge in [-0.2, -0.15) is 0 Å². The standard InChI is InChI=1S/C16H20ClNO4S/c1-3-23-13-5-4-11(17)8-12(13)14(19)18-7-6-16(9-18,10-22-2)15(20)21/h4-5,8H,3,6-7,9-10H2,1-2H3,(H,20,21). The van der Waals surface area contributed by atoms with Crippen LogP contribution < -0.4 is 0 Å². The number of amides is 1. The van der Waals surface area contributed by atoms with E-state index in [9.17, 15) is 14.7 Å². The van der Waals surface area contributed by atoms with E-state index in [0.717, 1.165) is 10.6 Å². The van der Waals surface area contributed by atoms with Gasteiger partial charge in [0.15, 0.2) is 0 Å². The first kappa shape index (κ1) is 18.1. The number of benzene rings is 1. The van der Waals surface area contributed by atoms with E-state index in [1.165, 1.54) is 7.11 Å². The van der Waals surface area contributed by atoms with Crippen LogP contribution in [0, 0.1) is 5.41 Å². The Labute approximate surface area is 144 Å². The second-order valence-corrected chi connectivity index (χ2v) is 7.31. The number of rotatable bonds is 6. The fourth-order valence-electron chi connectivity index (χ4n) is 2.80. The molecule has 0 bridgehead atoms. The van der Waals surface area contributed by atoms with E-state index in [2.05, 4.69) is 0 Å². The summed E-state index contributed by atoms with van der Waals surface area (Å²) in [6.07, 6.45) is 0.388. The van der Waals surface area contributed by atoms with Gasteiger partial charge >= 0.3 is 5.97 Å². The maximum atomic E-state index is 12.8. The Hall–Kier alpha value is -1.24. The lowest BCUT2D eigenvalue weighted by Gasteiger charge is -2.24. The molecule has 0 saturated carbocycles. The van der Waals surface area contributed by atoms with Crippen molar-refractivity contribution >= 4 is 35.2 Å². The first-order valence-corrected chi connectivity index (χ1v) is 8.74. The molecule has 1 aromatic rings. The number of carbonyl (C=O) groups is 2. The van der Waals surface area contributed by atoms with Crippen molar-refractivity contribution in [2.24, 2.45) is 5.41 Å². The molecule has 126 valence electrons.